The van der Waals surface area contributed by atoms with Crippen LogP contribution in [0.3, 0.4) is 0 Å². The second-order valence-electron chi connectivity index (χ2n) is 13.6. The van der Waals surface area contributed by atoms with Gasteiger partial charge in [-0.05, 0) is 86.2 Å². The molecule has 4 aromatic rings. The highest BCUT2D eigenvalue weighted by molar-refractivity contribution is 7.80. The topological polar surface area (TPSA) is 140 Å². The lowest BCUT2D eigenvalue weighted by molar-refractivity contribution is -0.117. The molecule has 292 valence electrons. The van der Waals surface area contributed by atoms with E-state index in [4.69, 9.17) is 9.47 Å². The number of rotatable bonds is 18. The van der Waals surface area contributed by atoms with Gasteiger partial charge in [0.25, 0.3) is 11.8 Å². The van der Waals surface area contributed by atoms with E-state index in [1.165, 1.54) is 6.42 Å². The number of thiol groups is 1. The molecule has 0 spiro atoms. The predicted octanol–water partition coefficient (Wildman–Crippen LogP) is 6.50. The average molecular weight is 770 g/mol. The Hall–Kier alpha value is -5.50. The number of aromatic nitrogens is 2. The normalized spacial score (nSPS) is 12.8. The van der Waals surface area contributed by atoms with Crippen LogP contribution in [-0.4, -0.2) is 94.9 Å². The van der Waals surface area contributed by atoms with E-state index >= 15 is 0 Å². The minimum absolute atomic E-state index is 0.0572. The number of carbonyl (C=O) groups is 4. The van der Waals surface area contributed by atoms with Crippen LogP contribution in [0.1, 0.15) is 65.1 Å². The molecule has 55 heavy (non-hydrogen) atoms. The molecule has 1 aliphatic rings. The second-order valence-corrected chi connectivity index (χ2v) is 14.1. The fourth-order valence-electron chi connectivity index (χ4n) is 6.40. The fourth-order valence-corrected chi connectivity index (χ4v) is 6.54. The summed E-state index contributed by atoms with van der Waals surface area (Å²) in [5.41, 5.74) is 5.62. The Morgan fingerprint density at radius 2 is 1.64 bits per heavy atom. The first-order valence-corrected chi connectivity index (χ1v) is 19.2. The molecule has 0 saturated carbocycles. The summed E-state index contributed by atoms with van der Waals surface area (Å²) in [5, 5.41) is 5.80. The number of hydrogen-bond acceptors (Lipinski definition) is 8. The Morgan fingerprint density at radius 3 is 2.35 bits per heavy atom. The van der Waals surface area contributed by atoms with Gasteiger partial charge in [0, 0.05) is 76.1 Å². The maximum atomic E-state index is 13.2. The number of methoxy groups -OCH3 is 1. The van der Waals surface area contributed by atoms with Crippen LogP contribution in [0.2, 0.25) is 0 Å². The molecule has 1 saturated heterocycles. The summed E-state index contributed by atoms with van der Waals surface area (Å²) in [6, 6.07) is 14.7. The monoisotopic (exact) mass is 769 g/mol. The number of benzene rings is 2. The number of aryl methyl sites for hydroxylation is 3. The molecule has 0 unspecified atom stereocenters. The van der Waals surface area contributed by atoms with Crippen molar-refractivity contribution in [3.63, 3.8) is 0 Å². The molecule has 4 amide bonds. The summed E-state index contributed by atoms with van der Waals surface area (Å²) < 4.78 is 15.0. The van der Waals surface area contributed by atoms with Gasteiger partial charge in [0.05, 0.1) is 31.6 Å². The van der Waals surface area contributed by atoms with E-state index in [2.05, 4.69) is 28.3 Å². The SMILES string of the molecule is COc1cc(C)c(/N=C\CN(C=O)CCCS)cc1OCCCC(=O)Nc1cc(C(=O)Nc2ccc(-c3cc(C(=O)N4CCCCC4)n(C)c3)cc2)n(C)c1. The van der Waals surface area contributed by atoms with Gasteiger partial charge in [-0.1, -0.05) is 12.1 Å². The van der Waals surface area contributed by atoms with Gasteiger partial charge >= 0.3 is 0 Å². The smallest absolute Gasteiger partial charge is 0.272 e. The summed E-state index contributed by atoms with van der Waals surface area (Å²) in [5.74, 6) is 1.29. The Bertz CT molecular complexity index is 1980. The highest BCUT2D eigenvalue weighted by Gasteiger charge is 2.22. The number of anilines is 2. The molecular weight excluding hydrogens is 719 g/mol. The molecule has 0 radical (unpaired) electrons. The molecule has 14 heteroatoms. The number of piperidine rings is 1. The molecule has 1 aliphatic heterocycles. The van der Waals surface area contributed by atoms with Crippen molar-refractivity contribution in [1.82, 2.24) is 18.9 Å². The largest absolute Gasteiger partial charge is 0.493 e. The maximum absolute atomic E-state index is 13.2. The van der Waals surface area contributed by atoms with E-state index in [0.717, 1.165) is 55.5 Å². The third-order valence-electron chi connectivity index (χ3n) is 9.45. The highest BCUT2D eigenvalue weighted by atomic mass is 32.1. The van der Waals surface area contributed by atoms with Crippen molar-refractivity contribution in [3.8, 4) is 22.6 Å². The number of likely N-dealkylation sites (tertiary alicyclic amines) is 1. The number of hydrogen-bond donors (Lipinski definition) is 3. The molecular formula is C41H51N7O6S. The Kier molecular flexibility index (Phi) is 14.6. The van der Waals surface area contributed by atoms with E-state index in [9.17, 15) is 19.2 Å². The third-order valence-corrected chi connectivity index (χ3v) is 9.77. The maximum Gasteiger partial charge on any atom is 0.272 e. The first-order chi connectivity index (χ1) is 26.6. The zero-order valence-corrected chi connectivity index (χ0v) is 32.9. The van der Waals surface area contributed by atoms with Crippen LogP contribution >= 0.6 is 12.6 Å². The highest BCUT2D eigenvalue weighted by Crippen LogP contribution is 2.35. The van der Waals surface area contributed by atoms with Crippen molar-refractivity contribution >= 4 is 60.0 Å². The molecule has 0 aliphatic carbocycles. The number of nitrogens with one attached hydrogen (secondary N) is 2. The summed E-state index contributed by atoms with van der Waals surface area (Å²) >= 11 is 4.20. The molecule has 0 atom stereocenters. The van der Waals surface area contributed by atoms with E-state index in [-0.39, 0.29) is 30.7 Å². The van der Waals surface area contributed by atoms with Crippen molar-refractivity contribution in [3.05, 3.63) is 77.9 Å². The van der Waals surface area contributed by atoms with Crippen LogP contribution < -0.4 is 20.1 Å². The Morgan fingerprint density at radius 1 is 0.891 bits per heavy atom. The first kappa shape index (κ1) is 40.7. The summed E-state index contributed by atoms with van der Waals surface area (Å²) in [7, 11) is 5.20. The van der Waals surface area contributed by atoms with Crippen LogP contribution in [0.5, 0.6) is 11.5 Å². The lowest BCUT2D eigenvalue weighted by Gasteiger charge is -2.26. The molecule has 0 bridgehead atoms. The van der Waals surface area contributed by atoms with Gasteiger partial charge in [-0.2, -0.15) is 12.6 Å². The van der Waals surface area contributed by atoms with Crippen molar-refractivity contribution in [1.29, 1.82) is 0 Å². The van der Waals surface area contributed by atoms with E-state index in [0.29, 0.717) is 65.2 Å². The fraction of sp³-hybridized carbons (Fsp3) is 0.390. The standard InChI is InChI=1S/C41H51N7O6S/c1-29-22-37(53-4)38(25-34(29)42-15-19-47(28-49)16-9-21-55)54-20-8-10-39(50)43-33-24-35(46(3)27-33)40(51)44-32-13-11-30(12-14-32)31-23-36(45(2)26-31)41(52)48-17-6-5-7-18-48/h11-15,22-28,55H,5-10,16-21H2,1-4H3,(H,43,50)(H,44,51)/b42-15-. The van der Waals surface area contributed by atoms with E-state index in [1.807, 2.05) is 66.0 Å². The van der Waals surface area contributed by atoms with Gasteiger partial charge in [-0.3, -0.25) is 24.2 Å². The number of aliphatic imine (C=N–C) groups is 1. The van der Waals surface area contributed by atoms with Crippen LogP contribution in [-0.2, 0) is 23.7 Å². The van der Waals surface area contributed by atoms with Crippen molar-refractivity contribution in [2.24, 2.45) is 19.1 Å². The quantitative estimate of drug-likeness (QED) is 0.0457. The third kappa shape index (κ3) is 11.0. The van der Waals surface area contributed by atoms with Crippen LogP contribution in [0.15, 0.2) is 65.9 Å². The molecule has 5 rings (SSSR count). The van der Waals surface area contributed by atoms with Gasteiger partial charge in [0.2, 0.25) is 12.3 Å². The van der Waals surface area contributed by atoms with E-state index < -0.39 is 0 Å². The van der Waals surface area contributed by atoms with E-state index in [1.54, 1.807) is 48.2 Å². The number of ether oxygens (including phenoxy) is 2. The van der Waals surface area contributed by atoms with Crippen LogP contribution in [0, 0.1) is 6.92 Å². The first-order valence-electron chi connectivity index (χ1n) is 18.6. The second kappa shape index (κ2) is 19.7. The molecule has 2 N–H and O–H groups in total. The average Bonchev–Trinajstić information content (AvgIpc) is 3.77. The van der Waals surface area contributed by atoms with Crippen LogP contribution in [0.25, 0.3) is 11.1 Å². The summed E-state index contributed by atoms with van der Waals surface area (Å²) in [6.07, 6.45) is 10.8. The Balaban J connectivity index is 1.10. The minimum Gasteiger partial charge on any atom is -0.493 e. The molecule has 2 aromatic carbocycles. The van der Waals surface area contributed by atoms with Crippen LogP contribution in [0.4, 0.5) is 17.1 Å². The summed E-state index contributed by atoms with van der Waals surface area (Å²) in [4.78, 5) is 58.5. The molecule has 3 heterocycles. The molecule has 1 fully saturated rings. The van der Waals surface area contributed by atoms with Gasteiger partial charge < -0.3 is 39.0 Å². The predicted molar refractivity (Wildman–Crippen MR) is 219 cm³/mol. The van der Waals surface area contributed by atoms with Gasteiger partial charge in [0.15, 0.2) is 11.5 Å². The molecule has 2 aromatic heterocycles. The molecule has 13 nitrogen and oxygen atoms in total. The number of amides is 4. The van der Waals surface area contributed by atoms with Gasteiger partial charge in [-0.25, -0.2) is 0 Å². The summed E-state index contributed by atoms with van der Waals surface area (Å²) in [6.45, 7) is 4.77. The lowest BCUT2D eigenvalue weighted by Crippen LogP contribution is -2.36. The van der Waals surface area contributed by atoms with Gasteiger partial charge in [-0.15, -0.1) is 0 Å². The lowest BCUT2D eigenvalue weighted by atomic mass is 10.1. The minimum atomic E-state index is -0.316. The van der Waals surface area contributed by atoms with Gasteiger partial charge in [0.1, 0.15) is 11.4 Å². The number of nitrogens with zero attached hydrogens (tertiary/aromatic N) is 5. The van der Waals surface area contributed by atoms with Crippen molar-refractivity contribution in [2.75, 3.05) is 56.3 Å². The zero-order valence-electron chi connectivity index (χ0n) is 32.0. The number of carbonyl (C=O) groups excluding carboxylic acids is 4. The Labute approximate surface area is 328 Å². The van der Waals surface area contributed by atoms with Crippen molar-refractivity contribution in [2.45, 2.75) is 45.4 Å². The zero-order chi connectivity index (χ0) is 39.3. The van der Waals surface area contributed by atoms with Crippen molar-refractivity contribution < 1.29 is 28.7 Å².